The van der Waals surface area contributed by atoms with Crippen molar-refractivity contribution in [2.75, 3.05) is 6.61 Å². The highest BCUT2D eigenvalue weighted by molar-refractivity contribution is 5.77. The van der Waals surface area contributed by atoms with E-state index in [2.05, 4.69) is 15.2 Å². The molecule has 2 heterocycles. The minimum absolute atomic E-state index is 0.0714. The molecule has 0 saturated carbocycles. The van der Waals surface area contributed by atoms with Crippen LogP contribution < -0.4 is 0 Å². The lowest BCUT2D eigenvalue weighted by atomic mass is 9.95. The van der Waals surface area contributed by atoms with E-state index in [1.54, 1.807) is 6.92 Å². The Morgan fingerprint density at radius 2 is 2.05 bits per heavy atom. The molecule has 0 radical (unpaired) electrons. The van der Waals surface area contributed by atoms with Crippen LogP contribution in [0.4, 0.5) is 0 Å². The van der Waals surface area contributed by atoms with Crippen LogP contribution in [-0.4, -0.2) is 32.2 Å². The number of nitrogens with zero attached hydrogens (tertiary/aromatic N) is 4. The predicted octanol–water partition coefficient (Wildman–Crippen LogP) is 2.04. The van der Waals surface area contributed by atoms with Crippen molar-refractivity contribution in [3.05, 3.63) is 23.4 Å². The zero-order chi connectivity index (χ0) is 14.9. The molecule has 0 N–H and O–H groups in total. The summed E-state index contributed by atoms with van der Waals surface area (Å²) in [5.74, 6) is 0.737. The monoisotopic (exact) mass is 276 g/mol. The number of rotatable bonds is 4. The predicted molar refractivity (Wildman–Crippen MR) is 74.5 cm³/mol. The molecule has 0 aromatic carbocycles. The highest BCUT2D eigenvalue weighted by atomic mass is 16.5. The van der Waals surface area contributed by atoms with Gasteiger partial charge in [-0.05, 0) is 26.7 Å². The van der Waals surface area contributed by atoms with Crippen molar-refractivity contribution >= 4 is 11.6 Å². The Morgan fingerprint density at radius 3 is 2.65 bits per heavy atom. The number of carbonyl (C=O) groups is 1. The molecule has 0 fully saturated rings. The Labute approximate surface area is 118 Å². The van der Waals surface area contributed by atoms with Gasteiger partial charge in [-0.3, -0.25) is 9.20 Å². The highest BCUT2D eigenvalue weighted by Crippen LogP contribution is 2.25. The number of aryl methyl sites for hydroxylation is 2. The molecule has 6 nitrogen and oxygen atoms in total. The largest absolute Gasteiger partial charge is 0.465 e. The quantitative estimate of drug-likeness (QED) is 0.799. The lowest BCUT2D eigenvalue weighted by molar-refractivity contribution is -0.146. The molecule has 2 rings (SSSR count). The Balaban J connectivity index is 2.57. The number of aromatic nitrogens is 4. The van der Waals surface area contributed by atoms with Crippen molar-refractivity contribution in [2.24, 2.45) is 5.92 Å². The van der Waals surface area contributed by atoms with E-state index >= 15 is 0 Å². The number of ether oxygens (including phenoxy) is 1. The van der Waals surface area contributed by atoms with Gasteiger partial charge in [-0.2, -0.15) is 0 Å². The maximum absolute atomic E-state index is 12.2. The van der Waals surface area contributed by atoms with Crippen LogP contribution in [0.15, 0.2) is 6.07 Å². The molecule has 1 atom stereocenters. The third-order valence-electron chi connectivity index (χ3n) is 3.20. The van der Waals surface area contributed by atoms with E-state index in [0.717, 1.165) is 11.5 Å². The summed E-state index contributed by atoms with van der Waals surface area (Å²) >= 11 is 0. The van der Waals surface area contributed by atoms with Gasteiger partial charge in [0.2, 0.25) is 0 Å². The summed E-state index contributed by atoms with van der Waals surface area (Å²) in [6, 6.07) is 1.85. The van der Waals surface area contributed by atoms with Gasteiger partial charge in [0.1, 0.15) is 11.7 Å². The van der Waals surface area contributed by atoms with Gasteiger partial charge in [-0.1, -0.05) is 13.8 Å². The molecule has 20 heavy (non-hydrogen) atoms. The smallest absolute Gasteiger partial charge is 0.316 e. The average molecular weight is 276 g/mol. The van der Waals surface area contributed by atoms with Crippen molar-refractivity contribution in [2.45, 2.75) is 40.5 Å². The highest BCUT2D eigenvalue weighted by Gasteiger charge is 2.30. The van der Waals surface area contributed by atoms with Gasteiger partial charge in [-0.15, -0.1) is 10.2 Å². The number of hydrogen-bond donors (Lipinski definition) is 0. The van der Waals surface area contributed by atoms with Crippen LogP contribution >= 0.6 is 0 Å². The second kappa shape index (κ2) is 5.56. The van der Waals surface area contributed by atoms with Crippen LogP contribution in [0.25, 0.3) is 5.65 Å². The summed E-state index contributed by atoms with van der Waals surface area (Å²) in [5, 5.41) is 8.35. The minimum atomic E-state index is -0.437. The second-order valence-corrected chi connectivity index (χ2v) is 5.17. The third kappa shape index (κ3) is 2.50. The average Bonchev–Trinajstić information content (AvgIpc) is 2.73. The number of esters is 1. The summed E-state index contributed by atoms with van der Waals surface area (Å²) in [6.07, 6.45) is 0. The van der Waals surface area contributed by atoms with E-state index in [9.17, 15) is 4.79 Å². The minimum Gasteiger partial charge on any atom is -0.465 e. The molecule has 2 aromatic rings. The fraction of sp³-hybridized carbons (Fsp3) is 0.571. The molecule has 0 aliphatic heterocycles. The van der Waals surface area contributed by atoms with Crippen molar-refractivity contribution in [3.63, 3.8) is 0 Å². The molecule has 0 aliphatic rings. The first-order valence-corrected chi connectivity index (χ1v) is 6.81. The van der Waals surface area contributed by atoms with E-state index in [1.165, 1.54) is 0 Å². The maximum Gasteiger partial charge on any atom is 0.316 e. The lowest BCUT2D eigenvalue weighted by Gasteiger charge is -2.18. The zero-order valence-electron chi connectivity index (χ0n) is 12.5. The van der Waals surface area contributed by atoms with Crippen LogP contribution in [0.3, 0.4) is 0 Å². The second-order valence-electron chi connectivity index (χ2n) is 5.17. The van der Waals surface area contributed by atoms with E-state index in [-0.39, 0.29) is 11.9 Å². The molecule has 6 heteroatoms. The van der Waals surface area contributed by atoms with Gasteiger partial charge in [0.15, 0.2) is 11.5 Å². The van der Waals surface area contributed by atoms with Crippen molar-refractivity contribution < 1.29 is 9.53 Å². The summed E-state index contributed by atoms with van der Waals surface area (Å²) in [6.45, 7) is 9.89. The lowest BCUT2D eigenvalue weighted by Crippen LogP contribution is -2.23. The first kappa shape index (κ1) is 14.4. The van der Waals surface area contributed by atoms with Crippen LogP contribution in [-0.2, 0) is 9.53 Å². The molecular weight excluding hydrogens is 256 g/mol. The molecule has 108 valence electrons. The van der Waals surface area contributed by atoms with Gasteiger partial charge < -0.3 is 4.74 Å². The molecule has 0 saturated heterocycles. The standard InChI is InChI=1S/C14H20N4O2/c1-6-20-14(19)12(8(2)3)13-17-16-11-7-9(4)15-10(5)18(11)13/h7-8,12H,6H2,1-5H3. The molecule has 1 unspecified atom stereocenters. The Hall–Kier alpha value is -1.98. The van der Waals surface area contributed by atoms with Crippen LogP contribution in [0, 0.1) is 19.8 Å². The molecule has 0 amide bonds. The third-order valence-corrected chi connectivity index (χ3v) is 3.20. The van der Waals surface area contributed by atoms with Crippen molar-refractivity contribution in [1.29, 1.82) is 0 Å². The first-order chi connectivity index (χ1) is 9.45. The van der Waals surface area contributed by atoms with Gasteiger partial charge >= 0.3 is 5.97 Å². The van der Waals surface area contributed by atoms with Crippen LogP contribution in [0.1, 0.15) is 44.0 Å². The molecule has 2 aromatic heterocycles. The molecule has 0 spiro atoms. The zero-order valence-corrected chi connectivity index (χ0v) is 12.5. The van der Waals surface area contributed by atoms with E-state index < -0.39 is 5.92 Å². The topological polar surface area (TPSA) is 69.4 Å². The summed E-state index contributed by atoms with van der Waals surface area (Å²) in [5.41, 5.74) is 1.59. The maximum atomic E-state index is 12.2. The SMILES string of the molecule is CCOC(=O)C(c1nnc2cc(C)nc(C)n12)C(C)C. The van der Waals surface area contributed by atoms with Gasteiger partial charge in [0.25, 0.3) is 0 Å². The van der Waals surface area contributed by atoms with Gasteiger partial charge in [0, 0.05) is 11.8 Å². The fourth-order valence-electron chi connectivity index (χ4n) is 2.37. The first-order valence-electron chi connectivity index (χ1n) is 6.81. The Kier molecular flexibility index (Phi) is 4.01. The van der Waals surface area contributed by atoms with Crippen molar-refractivity contribution in [3.8, 4) is 0 Å². The Bertz CT molecular complexity index is 633. The molecule has 0 bridgehead atoms. The summed E-state index contributed by atoms with van der Waals surface area (Å²) in [7, 11) is 0. The van der Waals surface area contributed by atoms with Crippen LogP contribution in [0.2, 0.25) is 0 Å². The fourth-order valence-corrected chi connectivity index (χ4v) is 2.37. The number of hydrogen-bond acceptors (Lipinski definition) is 5. The van der Waals surface area contributed by atoms with Crippen molar-refractivity contribution in [1.82, 2.24) is 19.6 Å². The number of fused-ring (bicyclic) bond motifs is 1. The number of carbonyl (C=O) groups excluding carboxylic acids is 1. The van der Waals surface area contributed by atoms with E-state index in [0.29, 0.717) is 18.1 Å². The summed E-state index contributed by atoms with van der Waals surface area (Å²) in [4.78, 5) is 16.6. The normalized spacial score (nSPS) is 12.9. The molecule has 0 aliphatic carbocycles. The van der Waals surface area contributed by atoms with Gasteiger partial charge in [0.05, 0.1) is 6.61 Å². The summed E-state index contributed by atoms with van der Waals surface area (Å²) < 4.78 is 6.99. The van der Waals surface area contributed by atoms with Gasteiger partial charge in [-0.25, -0.2) is 4.98 Å². The molecular formula is C14H20N4O2. The van der Waals surface area contributed by atoms with Crippen LogP contribution in [0.5, 0.6) is 0 Å². The Morgan fingerprint density at radius 1 is 1.35 bits per heavy atom. The van der Waals surface area contributed by atoms with E-state index in [4.69, 9.17) is 4.74 Å². The van der Waals surface area contributed by atoms with E-state index in [1.807, 2.05) is 38.2 Å².